The van der Waals surface area contributed by atoms with Crippen LogP contribution in [0.5, 0.6) is 0 Å². The highest BCUT2D eigenvalue weighted by Crippen LogP contribution is 2.10. The van der Waals surface area contributed by atoms with Gasteiger partial charge in [-0.15, -0.1) is 24.2 Å². The monoisotopic (exact) mass is 357 g/mol. The lowest BCUT2D eigenvalue weighted by molar-refractivity contribution is -0.129. The molecule has 1 aromatic carbocycles. The maximum absolute atomic E-state index is 12.1. The number of carbonyl (C=O) groups excluding carboxylic acids is 2. The van der Waals surface area contributed by atoms with E-state index in [1.54, 1.807) is 0 Å². The normalized spacial score (nSPS) is 17.3. The van der Waals surface area contributed by atoms with Gasteiger partial charge in [0.2, 0.25) is 11.8 Å². The molecule has 1 atom stereocenters. The fourth-order valence-electron chi connectivity index (χ4n) is 2.32. The Morgan fingerprint density at radius 3 is 2.65 bits per heavy atom. The van der Waals surface area contributed by atoms with Crippen LogP contribution in [0.4, 0.5) is 5.69 Å². The minimum atomic E-state index is -0.0738. The predicted octanol–water partition coefficient (Wildman–Crippen LogP) is 1.91. The average molecular weight is 358 g/mol. The first-order valence-electron chi connectivity index (χ1n) is 7.50. The molecule has 1 aromatic rings. The Kier molecular flexibility index (Phi) is 8.44. The molecule has 0 aromatic heterocycles. The van der Waals surface area contributed by atoms with E-state index in [0.29, 0.717) is 17.5 Å². The van der Waals surface area contributed by atoms with Gasteiger partial charge in [0.05, 0.1) is 11.5 Å². The molecule has 2 N–H and O–H groups in total. The summed E-state index contributed by atoms with van der Waals surface area (Å²) < 4.78 is 0. The largest absolute Gasteiger partial charge is 0.339 e. The zero-order chi connectivity index (χ0) is 15.9. The van der Waals surface area contributed by atoms with Gasteiger partial charge in [-0.05, 0) is 26.0 Å². The Morgan fingerprint density at radius 1 is 1.30 bits per heavy atom. The van der Waals surface area contributed by atoms with E-state index >= 15 is 0 Å². The summed E-state index contributed by atoms with van der Waals surface area (Å²) in [6.07, 6.45) is 0. The van der Waals surface area contributed by atoms with Crippen LogP contribution in [0.2, 0.25) is 0 Å². The Bertz CT molecular complexity index is 525. The van der Waals surface area contributed by atoms with Crippen molar-refractivity contribution in [2.45, 2.75) is 19.9 Å². The fraction of sp³-hybridized carbons (Fsp3) is 0.500. The highest BCUT2D eigenvalue weighted by Gasteiger charge is 2.20. The van der Waals surface area contributed by atoms with E-state index in [2.05, 4.69) is 17.6 Å². The van der Waals surface area contributed by atoms with Crippen LogP contribution < -0.4 is 10.6 Å². The number of nitrogens with one attached hydrogen (secondary N) is 2. The summed E-state index contributed by atoms with van der Waals surface area (Å²) in [5.41, 5.74) is 1.95. The van der Waals surface area contributed by atoms with Gasteiger partial charge in [-0.25, -0.2) is 0 Å². The number of hydrogen-bond donors (Lipinski definition) is 2. The Hall–Kier alpha value is -1.24. The van der Waals surface area contributed by atoms with Gasteiger partial charge in [-0.3, -0.25) is 9.59 Å². The average Bonchev–Trinajstić information content (AvgIpc) is 2.49. The van der Waals surface area contributed by atoms with Gasteiger partial charge in [0.15, 0.2) is 0 Å². The second kappa shape index (κ2) is 9.80. The molecule has 5 nitrogen and oxygen atoms in total. The summed E-state index contributed by atoms with van der Waals surface area (Å²) in [7, 11) is 0. The molecule has 2 amide bonds. The molecule has 1 unspecified atom stereocenters. The Labute approximate surface area is 148 Å². The third-order valence-corrected chi connectivity index (χ3v) is 4.43. The lowest BCUT2D eigenvalue weighted by Gasteiger charge is -2.31. The van der Waals surface area contributed by atoms with E-state index in [4.69, 9.17) is 0 Å². The molecule has 0 saturated carbocycles. The van der Waals surface area contributed by atoms with Crippen LogP contribution in [-0.2, 0) is 9.59 Å². The van der Waals surface area contributed by atoms with Crippen molar-refractivity contribution < 1.29 is 9.59 Å². The highest BCUT2D eigenvalue weighted by atomic mass is 35.5. The topological polar surface area (TPSA) is 61.4 Å². The van der Waals surface area contributed by atoms with Crippen molar-refractivity contribution in [2.75, 3.05) is 36.5 Å². The van der Waals surface area contributed by atoms with Crippen molar-refractivity contribution in [3.05, 3.63) is 29.8 Å². The molecule has 1 aliphatic rings. The number of nitrogens with zero attached hydrogens (tertiary/aromatic N) is 1. The number of piperazine rings is 1. The number of halogens is 1. The van der Waals surface area contributed by atoms with E-state index < -0.39 is 0 Å². The van der Waals surface area contributed by atoms with Crippen LogP contribution in [0, 0.1) is 6.92 Å². The minimum absolute atomic E-state index is 0. The maximum atomic E-state index is 12.1. The molecule has 0 radical (unpaired) electrons. The molecule has 1 heterocycles. The number of anilines is 1. The van der Waals surface area contributed by atoms with E-state index in [0.717, 1.165) is 30.9 Å². The van der Waals surface area contributed by atoms with Gasteiger partial charge in [-0.2, -0.15) is 0 Å². The van der Waals surface area contributed by atoms with E-state index in [1.807, 2.05) is 36.1 Å². The highest BCUT2D eigenvalue weighted by molar-refractivity contribution is 8.00. The molecular formula is C16H24ClN3O2S. The molecule has 0 bridgehead atoms. The molecular weight excluding hydrogens is 334 g/mol. The van der Waals surface area contributed by atoms with Crippen molar-refractivity contribution in [3.63, 3.8) is 0 Å². The summed E-state index contributed by atoms with van der Waals surface area (Å²) in [5.74, 6) is 0.687. The van der Waals surface area contributed by atoms with Crippen LogP contribution in [0.1, 0.15) is 12.5 Å². The molecule has 1 saturated heterocycles. The molecule has 128 valence electrons. The Balaban J connectivity index is 0.00000264. The van der Waals surface area contributed by atoms with Crippen molar-refractivity contribution in [1.29, 1.82) is 0 Å². The number of carbonyl (C=O) groups is 2. The van der Waals surface area contributed by atoms with Crippen LogP contribution >= 0.6 is 24.2 Å². The summed E-state index contributed by atoms with van der Waals surface area (Å²) >= 11 is 1.36. The van der Waals surface area contributed by atoms with E-state index in [-0.39, 0.29) is 24.2 Å². The van der Waals surface area contributed by atoms with Crippen LogP contribution in [0.15, 0.2) is 24.3 Å². The quantitative estimate of drug-likeness (QED) is 0.845. The fourth-order valence-corrected chi connectivity index (χ4v) is 3.03. The van der Waals surface area contributed by atoms with Crippen molar-refractivity contribution in [3.8, 4) is 0 Å². The second-order valence-electron chi connectivity index (χ2n) is 5.60. The van der Waals surface area contributed by atoms with Crippen molar-refractivity contribution in [2.24, 2.45) is 0 Å². The second-order valence-corrected chi connectivity index (χ2v) is 6.59. The van der Waals surface area contributed by atoms with Crippen molar-refractivity contribution in [1.82, 2.24) is 10.2 Å². The third-order valence-electron chi connectivity index (χ3n) is 3.52. The van der Waals surface area contributed by atoms with Gasteiger partial charge in [0.1, 0.15) is 0 Å². The molecule has 1 fully saturated rings. The van der Waals surface area contributed by atoms with Gasteiger partial charge < -0.3 is 15.5 Å². The summed E-state index contributed by atoms with van der Waals surface area (Å²) in [4.78, 5) is 25.8. The zero-order valence-electron chi connectivity index (χ0n) is 13.5. The first-order chi connectivity index (χ1) is 10.5. The maximum Gasteiger partial charge on any atom is 0.234 e. The first kappa shape index (κ1) is 19.8. The van der Waals surface area contributed by atoms with Gasteiger partial charge in [-0.1, -0.05) is 17.7 Å². The van der Waals surface area contributed by atoms with Gasteiger partial charge in [0, 0.05) is 31.4 Å². The van der Waals surface area contributed by atoms with Gasteiger partial charge in [0.25, 0.3) is 0 Å². The Morgan fingerprint density at radius 2 is 2.00 bits per heavy atom. The summed E-state index contributed by atoms with van der Waals surface area (Å²) in [5, 5.41) is 6.14. The number of hydrogen-bond acceptors (Lipinski definition) is 4. The molecule has 2 rings (SSSR count). The smallest absolute Gasteiger partial charge is 0.234 e. The lowest BCUT2D eigenvalue weighted by atomic mass is 10.2. The first-order valence-corrected chi connectivity index (χ1v) is 8.65. The minimum Gasteiger partial charge on any atom is -0.339 e. The van der Waals surface area contributed by atoms with Crippen LogP contribution in [-0.4, -0.2) is 53.9 Å². The SMILES string of the molecule is Cc1ccc(NC(=O)CSCC(=O)N2CCNC(C)C2)cc1.Cl. The van der Waals surface area contributed by atoms with Gasteiger partial charge >= 0.3 is 0 Å². The molecule has 0 spiro atoms. The molecule has 7 heteroatoms. The van der Waals surface area contributed by atoms with Crippen LogP contribution in [0.3, 0.4) is 0 Å². The number of benzene rings is 1. The lowest BCUT2D eigenvalue weighted by Crippen LogP contribution is -2.51. The number of thioether (sulfide) groups is 1. The summed E-state index contributed by atoms with van der Waals surface area (Å²) in [6.45, 7) is 6.41. The van der Waals surface area contributed by atoms with E-state index in [1.165, 1.54) is 11.8 Å². The molecule has 1 aliphatic heterocycles. The predicted molar refractivity (Wildman–Crippen MR) is 98.4 cm³/mol. The van der Waals surface area contributed by atoms with E-state index in [9.17, 15) is 9.59 Å². The third kappa shape index (κ3) is 6.81. The zero-order valence-corrected chi connectivity index (χ0v) is 15.1. The standard InChI is InChI=1S/C16H23N3O2S.ClH/c1-12-3-5-14(6-4-12)18-15(20)10-22-11-16(21)19-8-7-17-13(2)9-19;/h3-6,13,17H,7-11H2,1-2H3,(H,18,20);1H. The molecule has 0 aliphatic carbocycles. The van der Waals surface area contributed by atoms with Crippen molar-refractivity contribution >= 4 is 41.7 Å². The van der Waals surface area contributed by atoms with Crippen LogP contribution in [0.25, 0.3) is 0 Å². The number of rotatable bonds is 5. The number of aryl methyl sites for hydroxylation is 1. The molecule has 23 heavy (non-hydrogen) atoms. The number of amides is 2. The summed E-state index contributed by atoms with van der Waals surface area (Å²) in [6, 6.07) is 8.01.